The van der Waals surface area contributed by atoms with Gasteiger partial charge in [-0.05, 0) is 60.8 Å². The van der Waals surface area contributed by atoms with E-state index in [4.69, 9.17) is 0 Å². The average Bonchev–Trinajstić information content (AvgIpc) is 3.61. The molecule has 1 aromatic carbocycles. The Hall–Kier alpha value is -3.67. The number of fused-ring (bicyclic) bond motifs is 2. The number of aromatic nitrogens is 4. The minimum Gasteiger partial charge on any atom is -0.337 e. The number of carbonyl (C=O) groups is 2. The van der Waals surface area contributed by atoms with Gasteiger partial charge in [-0.3, -0.25) is 9.48 Å². The number of nitrogens with one attached hydrogen (secondary N) is 2. The van der Waals surface area contributed by atoms with E-state index in [0.29, 0.717) is 5.82 Å². The molecule has 190 valence electrons. The lowest BCUT2D eigenvalue weighted by Gasteiger charge is -2.16. The van der Waals surface area contributed by atoms with Crippen LogP contribution in [0.5, 0.6) is 0 Å². The van der Waals surface area contributed by atoms with Crippen LogP contribution in [0.3, 0.4) is 0 Å². The summed E-state index contributed by atoms with van der Waals surface area (Å²) in [5.74, 6) is 0.257. The maximum Gasteiger partial charge on any atom is 0.333 e. The van der Waals surface area contributed by atoms with Crippen LogP contribution in [0.15, 0.2) is 29.6 Å². The minimum absolute atomic E-state index is 0.0752. The highest BCUT2D eigenvalue weighted by atomic mass is 32.2. The van der Waals surface area contributed by atoms with Gasteiger partial charge in [0.15, 0.2) is 5.03 Å². The zero-order chi connectivity index (χ0) is 25.6. The lowest BCUT2D eigenvalue weighted by Crippen LogP contribution is -2.35. The van der Waals surface area contributed by atoms with Crippen molar-refractivity contribution >= 4 is 27.6 Å². The molecular weight excluding hydrogens is 482 g/mol. The first kappa shape index (κ1) is 24.0. The van der Waals surface area contributed by atoms with Crippen LogP contribution >= 0.6 is 0 Å². The number of aryl methyl sites for hydroxylation is 4. The van der Waals surface area contributed by atoms with E-state index in [0.717, 1.165) is 55.3 Å². The third-order valence-corrected chi connectivity index (χ3v) is 8.14. The second-order valence-corrected chi connectivity index (χ2v) is 11.0. The summed E-state index contributed by atoms with van der Waals surface area (Å²) < 4.78 is 31.0. The van der Waals surface area contributed by atoms with Crippen LogP contribution in [0.4, 0.5) is 10.5 Å². The highest BCUT2D eigenvalue weighted by Gasteiger charge is 2.29. The molecule has 2 aromatic heterocycles. The molecule has 0 radical (unpaired) electrons. The summed E-state index contributed by atoms with van der Waals surface area (Å²) >= 11 is 0. The summed E-state index contributed by atoms with van der Waals surface area (Å²) in [7, 11) is 0.599. The fourth-order valence-corrected chi connectivity index (χ4v) is 5.98. The number of benzene rings is 1. The third-order valence-electron chi connectivity index (χ3n) is 6.94. The molecule has 3 amide bonds. The molecule has 12 heteroatoms. The van der Waals surface area contributed by atoms with E-state index >= 15 is 0 Å². The molecule has 11 nitrogen and oxygen atoms in total. The monoisotopic (exact) mass is 511 g/mol. The fourth-order valence-electron chi connectivity index (χ4n) is 5.08. The maximum absolute atomic E-state index is 13.0. The second-order valence-electron chi connectivity index (χ2n) is 9.40. The number of nitrogens with zero attached hydrogens (tertiary/aromatic N) is 5. The van der Waals surface area contributed by atoms with Gasteiger partial charge in [-0.1, -0.05) is 6.07 Å². The minimum atomic E-state index is -4.31. The number of rotatable bonds is 6. The quantitative estimate of drug-likeness (QED) is 0.520. The highest BCUT2D eigenvalue weighted by Crippen LogP contribution is 2.38. The predicted octanol–water partition coefficient (Wildman–Crippen LogP) is 1.91. The normalized spacial score (nSPS) is 14.4. The average molecular weight is 512 g/mol. The van der Waals surface area contributed by atoms with Crippen molar-refractivity contribution in [2.45, 2.75) is 50.1 Å². The largest absolute Gasteiger partial charge is 0.337 e. The number of hydrogen-bond acceptors (Lipinski definition) is 6. The van der Waals surface area contributed by atoms with Crippen LogP contribution in [0.1, 0.15) is 51.4 Å². The Kier molecular flexibility index (Phi) is 6.07. The van der Waals surface area contributed by atoms with E-state index in [-0.39, 0.29) is 12.2 Å². The lowest BCUT2D eigenvalue weighted by molar-refractivity contribution is 0.0769. The molecule has 0 saturated carbocycles. The van der Waals surface area contributed by atoms with Crippen LogP contribution < -0.4 is 10.0 Å². The van der Waals surface area contributed by atoms with Crippen molar-refractivity contribution in [2.75, 3.05) is 12.4 Å². The van der Waals surface area contributed by atoms with Gasteiger partial charge >= 0.3 is 6.03 Å². The number of sulfonamides is 1. The van der Waals surface area contributed by atoms with Crippen LogP contribution in [-0.2, 0) is 56.3 Å². The summed E-state index contributed by atoms with van der Waals surface area (Å²) in [5, 5.41) is 6.40. The molecule has 2 aliphatic carbocycles. The molecule has 3 aromatic rings. The van der Waals surface area contributed by atoms with Crippen molar-refractivity contribution < 1.29 is 18.0 Å². The first-order valence-corrected chi connectivity index (χ1v) is 13.4. The lowest BCUT2D eigenvalue weighted by atomic mass is 9.99. The molecule has 36 heavy (non-hydrogen) atoms. The number of hydrogen-bond donors (Lipinski definition) is 2. The zero-order valence-electron chi connectivity index (χ0n) is 20.5. The summed E-state index contributed by atoms with van der Waals surface area (Å²) in [6, 6.07) is 2.57. The van der Waals surface area contributed by atoms with Crippen LogP contribution in [0, 0.1) is 0 Å². The number of amides is 3. The van der Waals surface area contributed by atoms with Gasteiger partial charge in [-0.25, -0.2) is 14.5 Å². The first-order valence-electron chi connectivity index (χ1n) is 11.9. The van der Waals surface area contributed by atoms with Gasteiger partial charge in [0.25, 0.3) is 15.9 Å². The third kappa shape index (κ3) is 4.36. The van der Waals surface area contributed by atoms with E-state index in [1.54, 1.807) is 24.0 Å². The van der Waals surface area contributed by atoms with Crippen molar-refractivity contribution in [2.24, 2.45) is 14.1 Å². The summed E-state index contributed by atoms with van der Waals surface area (Å²) in [6.07, 6.45) is 9.12. The van der Waals surface area contributed by atoms with Crippen molar-refractivity contribution in [3.05, 3.63) is 58.3 Å². The zero-order valence-corrected chi connectivity index (χ0v) is 21.4. The van der Waals surface area contributed by atoms with E-state index in [1.807, 2.05) is 7.05 Å². The second kappa shape index (κ2) is 9.08. The SMILES string of the molecule is CN(Cc1nccn1C)C(=O)c1cc(S(=O)(=O)NC(=O)Nc2c3c(cc4c2CCC4)CCC3)nn1C. The number of carbonyl (C=O) groups excluding carboxylic acids is 2. The standard InChI is InChI=1S/C24H29N7O4S/c1-29-11-10-25-20(29)14-30(2)23(32)19-13-21(27-31(19)3)36(34,35)28-24(33)26-22-17-8-4-6-15(17)12-16-7-5-9-18(16)22/h10-13H,4-9,14H2,1-3H3,(H2,26,28,33). The van der Waals surface area contributed by atoms with Crippen LogP contribution in [-0.4, -0.2) is 51.6 Å². The Balaban J connectivity index is 1.32. The summed E-state index contributed by atoms with van der Waals surface area (Å²) in [4.78, 5) is 31.4. The van der Waals surface area contributed by atoms with Crippen molar-refractivity contribution in [3.63, 3.8) is 0 Å². The molecule has 0 bridgehead atoms. The van der Waals surface area contributed by atoms with E-state index in [1.165, 1.54) is 33.8 Å². The van der Waals surface area contributed by atoms with Crippen LogP contribution in [0.25, 0.3) is 0 Å². The van der Waals surface area contributed by atoms with Gasteiger partial charge in [-0.2, -0.15) is 13.5 Å². The Morgan fingerprint density at radius 2 is 1.72 bits per heavy atom. The van der Waals surface area contributed by atoms with Crippen LogP contribution in [0.2, 0.25) is 0 Å². The van der Waals surface area contributed by atoms with E-state index in [9.17, 15) is 18.0 Å². The van der Waals surface area contributed by atoms with Gasteiger partial charge in [0, 0.05) is 45.3 Å². The van der Waals surface area contributed by atoms with Gasteiger partial charge < -0.3 is 14.8 Å². The van der Waals surface area contributed by atoms with E-state index < -0.39 is 27.0 Å². The smallest absolute Gasteiger partial charge is 0.333 e. The molecule has 0 unspecified atom stereocenters. The molecular formula is C24H29N7O4S. The van der Waals surface area contributed by atoms with Crippen molar-refractivity contribution in [1.82, 2.24) is 29.0 Å². The Labute approximate surface area is 209 Å². The van der Waals surface area contributed by atoms with Gasteiger partial charge in [-0.15, -0.1) is 0 Å². The summed E-state index contributed by atoms with van der Waals surface area (Å²) in [5.41, 5.74) is 5.49. The molecule has 2 aliphatic rings. The highest BCUT2D eigenvalue weighted by molar-refractivity contribution is 7.90. The fraction of sp³-hybridized carbons (Fsp3) is 0.417. The maximum atomic E-state index is 13.0. The number of anilines is 1. The molecule has 0 saturated heterocycles. The van der Waals surface area contributed by atoms with Crippen molar-refractivity contribution in [1.29, 1.82) is 0 Å². The molecule has 0 spiro atoms. The van der Waals surface area contributed by atoms with Gasteiger partial charge in [0.05, 0.1) is 6.54 Å². The Bertz CT molecular complexity index is 1440. The molecule has 0 atom stereocenters. The Morgan fingerprint density at radius 3 is 2.33 bits per heavy atom. The molecule has 2 N–H and O–H groups in total. The summed E-state index contributed by atoms with van der Waals surface area (Å²) in [6.45, 7) is 0.238. The molecule has 0 aliphatic heterocycles. The molecule has 5 rings (SSSR count). The molecule has 0 fully saturated rings. The van der Waals surface area contributed by atoms with E-state index in [2.05, 4.69) is 26.2 Å². The molecule has 2 heterocycles. The van der Waals surface area contributed by atoms with Gasteiger partial charge in [0.2, 0.25) is 0 Å². The topological polar surface area (TPSA) is 131 Å². The van der Waals surface area contributed by atoms with Crippen molar-refractivity contribution in [3.8, 4) is 0 Å². The Morgan fingerprint density at radius 1 is 1.06 bits per heavy atom. The van der Waals surface area contributed by atoms with Gasteiger partial charge in [0.1, 0.15) is 11.5 Å². The predicted molar refractivity (Wildman–Crippen MR) is 132 cm³/mol. The number of urea groups is 1. The number of imidazole rings is 1. The first-order chi connectivity index (χ1) is 17.1.